The van der Waals surface area contributed by atoms with E-state index in [-0.39, 0.29) is 35.0 Å². The van der Waals surface area contributed by atoms with E-state index in [1.54, 1.807) is 29.4 Å². The molecule has 2 fully saturated rings. The lowest BCUT2D eigenvalue weighted by Gasteiger charge is -2.35. The first-order chi connectivity index (χ1) is 18.7. The molecule has 2 aromatic rings. The summed E-state index contributed by atoms with van der Waals surface area (Å²) >= 11 is 6.84. The predicted octanol–water partition coefficient (Wildman–Crippen LogP) is 4.79. The number of esters is 1. The van der Waals surface area contributed by atoms with Crippen molar-refractivity contribution in [3.8, 4) is 6.07 Å². The molecule has 3 heterocycles. The van der Waals surface area contributed by atoms with Gasteiger partial charge in [0.1, 0.15) is 21.8 Å². The Hall–Kier alpha value is -3.42. The molecule has 1 aromatic carbocycles. The summed E-state index contributed by atoms with van der Waals surface area (Å²) in [7, 11) is 0. The van der Waals surface area contributed by atoms with Crippen LogP contribution in [0.1, 0.15) is 61.9 Å². The van der Waals surface area contributed by atoms with E-state index in [0.717, 1.165) is 5.56 Å². The van der Waals surface area contributed by atoms with Gasteiger partial charge in [0.2, 0.25) is 0 Å². The number of nitriles is 1. The summed E-state index contributed by atoms with van der Waals surface area (Å²) in [5.74, 6) is 0.0577. The number of pyridine rings is 1. The molecular weight excluding hydrogens is 532 g/mol. The molecule has 0 saturated carbocycles. The van der Waals surface area contributed by atoms with Crippen molar-refractivity contribution in [3.05, 3.63) is 67.8 Å². The third-order valence-corrected chi connectivity index (χ3v) is 8.68. The molecular formula is C29H32N4O4S2. The quantitative estimate of drug-likeness (QED) is 0.269. The number of hydrogen-bond donors (Lipinski definition) is 0. The highest BCUT2D eigenvalue weighted by atomic mass is 32.2. The minimum atomic E-state index is -0.359. The molecule has 1 unspecified atom stereocenters. The molecule has 1 atom stereocenters. The zero-order chi connectivity index (χ0) is 28.3. The number of benzene rings is 1. The largest absolute Gasteiger partial charge is 0.466 e. The smallest absolute Gasteiger partial charge is 0.309 e. The van der Waals surface area contributed by atoms with Crippen molar-refractivity contribution < 1.29 is 14.3 Å². The number of aromatic nitrogens is 1. The first-order valence-corrected chi connectivity index (χ1v) is 14.4. The Labute approximate surface area is 238 Å². The van der Waals surface area contributed by atoms with Gasteiger partial charge in [-0.15, -0.1) is 0 Å². The first-order valence-electron chi connectivity index (χ1n) is 13.1. The molecule has 0 N–H and O–H groups in total. The number of carbonyl (C=O) groups is 2. The Balaban J connectivity index is 1.76. The third kappa shape index (κ3) is 5.52. The van der Waals surface area contributed by atoms with Crippen LogP contribution < -0.4 is 10.5 Å². The van der Waals surface area contributed by atoms with Gasteiger partial charge in [-0.2, -0.15) is 5.26 Å². The molecule has 0 aliphatic carbocycles. The van der Waals surface area contributed by atoms with Gasteiger partial charge >= 0.3 is 5.97 Å². The molecule has 204 valence electrons. The lowest BCUT2D eigenvalue weighted by molar-refractivity contribution is -0.148. The Kier molecular flexibility index (Phi) is 8.93. The number of thioether (sulfide) groups is 1. The molecule has 2 aliphatic rings. The van der Waals surface area contributed by atoms with Gasteiger partial charge in [-0.1, -0.05) is 54.3 Å². The van der Waals surface area contributed by atoms with Gasteiger partial charge in [0, 0.05) is 25.2 Å². The zero-order valence-electron chi connectivity index (χ0n) is 22.6. The Morgan fingerprint density at radius 3 is 2.49 bits per heavy atom. The lowest BCUT2D eigenvalue weighted by Crippen LogP contribution is -2.41. The molecule has 0 spiro atoms. The molecule has 1 aromatic heterocycles. The first kappa shape index (κ1) is 28.6. The van der Waals surface area contributed by atoms with Crippen LogP contribution in [0.4, 0.5) is 5.82 Å². The number of anilines is 1. The highest BCUT2D eigenvalue weighted by Gasteiger charge is 2.37. The number of ether oxygens (including phenoxy) is 1. The van der Waals surface area contributed by atoms with E-state index in [4.69, 9.17) is 17.0 Å². The van der Waals surface area contributed by atoms with Gasteiger partial charge in [0.15, 0.2) is 0 Å². The molecule has 1 amide bonds. The summed E-state index contributed by atoms with van der Waals surface area (Å²) < 4.78 is 7.27. The summed E-state index contributed by atoms with van der Waals surface area (Å²) in [6.45, 7) is 9.12. The summed E-state index contributed by atoms with van der Waals surface area (Å²) in [6.07, 6.45) is 2.95. The Morgan fingerprint density at radius 1 is 1.23 bits per heavy atom. The summed E-state index contributed by atoms with van der Waals surface area (Å²) in [4.78, 5) is 43.4. The van der Waals surface area contributed by atoms with Gasteiger partial charge in [-0.25, -0.2) is 0 Å². The van der Waals surface area contributed by atoms with Crippen LogP contribution in [0.5, 0.6) is 0 Å². The minimum absolute atomic E-state index is 0.0568. The van der Waals surface area contributed by atoms with Crippen molar-refractivity contribution in [1.82, 2.24) is 9.47 Å². The Morgan fingerprint density at radius 2 is 1.90 bits per heavy atom. The van der Waals surface area contributed by atoms with Crippen LogP contribution in [0, 0.1) is 24.2 Å². The molecule has 0 bridgehead atoms. The fourth-order valence-electron chi connectivity index (χ4n) is 5.19. The number of carbonyl (C=O) groups excluding carboxylic acids is 2. The topological polar surface area (TPSA) is 95.6 Å². The summed E-state index contributed by atoms with van der Waals surface area (Å²) in [5.41, 5.74) is 1.85. The van der Waals surface area contributed by atoms with E-state index in [9.17, 15) is 19.6 Å². The van der Waals surface area contributed by atoms with Crippen LogP contribution >= 0.6 is 24.0 Å². The average Bonchev–Trinajstić information content (AvgIpc) is 3.22. The van der Waals surface area contributed by atoms with E-state index in [0.29, 0.717) is 65.3 Å². The van der Waals surface area contributed by atoms with Gasteiger partial charge in [-0.05, 0) is 57.7 Å². The van der Waals surface area contributed by atoms with Crippen LogP contribution in [0.25, 0.3) is 6.08 Å². The second kappa shape index (κ2) is 12.2. The number of hydrogen-bond acceptors (Lipinski definition) is 8. The minimum Gasteiger partial charge on any atom is -0.466 e. The van der Waals surface area contributed by atoms with Gasteiger partial charge in [0.05, 0.1) is 23.5 Å². The van der Waals surface area contributed by atoms with E-state index >= 15 is 0 Å². The van der Waals surface area contributed by atoms with Crippen LogP contribution in [0.2, 0.25) is 0 Å². The van der Waals surface area contributed by atoms with Gasteiger partial charge in [-0.3, -0.25) is 23.9 Å². The highest BCUT2D eigenvalue weighted by molar-refractivity contribution is 8.26. The highest BCUT2D eigenvalue weighted by Crippen LogP contribution is 2.40. The standard InChI is InChI=1S/C29H32N4O4S2/c1-5-32-25(31-14-12-21(13-15-31)28(36)37-6-2)22(18(3)23(17-30)26(32)34)16-24-27(35)33(29(38)39-24)19(4)20-10-8-7-9-11-20/h7-11,16,19,21H,5-6,12-15H2,1-4H3. The fourth-order valence-corrected chi connectivity index (χ4v) is 6.59. The second-order valence-corrected chi connectivity index (χ2v) is 11.2. The lowest BCUT2D eigenvalue weighted by atomic mass is 9.95. The number of thiocarbonyl (C=S) groups is 1. The number of rotatable bonds is 7. The van der Waals surface area contributed by atoms with E-state index < -0.39 is 0 Å². The van der Waals surface area contributed by atoms with Crippen molar-refractivity contribution in [2.24, 2.45) is 5.92 Å². The molecule has 4 rings (SSSR count). The number of nitrogens with zero attached hydrogens (tertiary/aromatic N) is 4. The van der Waals surface area contributed by atoms with Crippen LogP contribution in [-0.4, -0.2) is 45.4 Å². The SMILES string of the molecule is CCOC(=O)C1CCN(c2c(C=C3SC(=S)N(C(C)c4ccccc4)C3=O)c(C)c(C#N)c(=O)n2CC)CC1. The van der Waals surface area contributed by atoms with Gasteiger partial charge in [0.25, 0.3) is 11.5 Å². The molecule has 2 aliphatic heterocycles. The maximum atomic E-state index is 13.6. The average molecular weight is 565 g/mol. The molecule has 10 heteroatoms. The second-order valence-electron chi connectivity index (χ2n) is 9.55. The Bertz CT molecular complexity index is 1420. The third-order valence-electron chi connectivity index (χ3n) is 7.35. The van der Waals surface area contributed by atoms with Crippen molar-refractivity contribution >= 4 is 52.1 Å². The van der Waals surface area contributed by atoms with Crippen molar-refractivity contribution in [2.75, 3.05) is 24.6 Å². The van der Waals surface area contributed by atoms with Gasteiger partial charge < -0.3 is 9.64 Å². The summed E-state index contributed by atoms with van der Waals surface area (Å²) in [6, 6.07) is 11.5. The maximum Gasteiger partial charge on any atom is 0.309 e. The van der Waals surface area contributed by atoms with Crippen molar-refractivity contribution in [2.45, 2.75) is 53.1 Å². The number of amides is 1. The van der Waals surface area contributed by atoms with Crippen LogP contribution in [-0.2, 0) is 20.9 Å². The van der Waals surface area contributed by atoms with E-state index in [1.165, 1.54) is 11.8 Å². The maximum absolute atomic E-state index is 13.6. The molecule has 39 heavy (non-hydrogen) atoms. The normalized spacial score (nSPS) is 18.0. The predicted molar refractivity (Wildman–Crippen MR) is 157 cm³/mol. The monoisotopic (exact) mass is 564 g/mol. The molecule has 0 radical (unpaired) electrons. The van der Waals surface area contributed by atoms with Crippen molar-refractivity contribution in [1.29, 1.82) is 5.26 Å². The fraction of sp³-hybridized carbons (Fsp3) is 0.414. The summed E-state index contributed by atoms with van der Waals surface area (Å²) in [5, 5.41) is 9.84. The van der Waals surface area contributed by atoms with Crippen LogP contribution in [0.15, 0.2) is 40.0 Å². The number of piperidine rings is 1. The van der Waals surface area contributed by atoms with E-state index in [2.05, 4.69) is 11.0 Å². The van der Waals surface area contributed by atoms with Crippen LogP contribution in [0.3, 0.4) is 0 Å². The van der Waals surface area contributed by atoms with Crippen molar-refractivity contribution in [3.63, 3.8) is 0 Å². The molecule has 2 saturated heterocycles. The molecule has 8 nitrogen and oxygen atoms in total. The zero-order valence-corrected chi connectivity index (χ0v) is 24.2. The van der Waals surface area contributed by atoms with E-state index in [1.807, 2.05) is 44.2 Å².